The van der Waals surface area contributed by atoms with Gasteiger partial charge in [0.1, 0.15) is 0 Å². The molecule has 0 fully saturated rings. The van der Waals surface area contributed by atoms with Crippen LogP contribution in [0.15, 0.2) is 24.4 Å². The van der Waals surface area contributed by atoms with Crippen molar-refractivity contribution < 1.29 is 23.5 Å². The van der Waals surface area contributed by atoms with Gasteiger partial charge in [0.2, 0.25) is 10.0 Å². The number of rotatable bonds is 6. The van der Waals surface area contributed by atoms with Crippen molar-refractivity contribution in [2.75, 3.05) is 27.5 Å². The summed E-state index contributed by atoms with van der Waals surface area (Å²) in [5.41, 5.74) is -3.77. The van der Waals surface area contributed by atoms with Crippen LogP contribution in [0, 0.1) is 0 Å². The van der Waals surface area contributed by atoms with Crippen molar-refractivity contribution in [1.29, 1.82) is 0 Å². The van der Waals surface area contributed by atoms with E-state index in [1.54, 1.807) is 0 Å². The second-order valence-electron chi connectivity index (χ2n) is 4.13. The summed E-state index contributed by atoms with van der Waals surface area (Å²) >= 11 is 0. The maximum Gasteiger partial charge on any atom is 0.215 e. The molecule has 5 nitrogen and oxygen atoms in total. The number of aromatic amines is 1. The third-order valence-corrected chi connectivity index (χ3v) is 3.26. The number of likely N-dealkylation sites (N-methyl/N-ethyl adjacent to an activating group) is 1. The molecule has 1 aromatic carbocycles. The van der Waals surface area contributed by atoms with Gasteiger partial charge < -0.3 is 9.88 Å². The van der Waals surface area contributed by atoms with Gasteiger partial charge in [0.15, 0.2) is 0 Å². The third-order valence-electron chi connectivity index (χ3n) is 2.49. The predicted octanol–water partition coefficient (Wildman–Crippen LogP) is 1.32. The first kappa shape index (κ1) is 6.17. The quantitative estimate of drug-likeness (QED) is 0.846. The first-order valence-corrected chi connectivity index (χ1v) is 7.05. The molecule has 2 N–H and O–H groups in total. The van der Waals surface area contributed by atoms with Crippen molar-refractivity contribution in [3.63, 3.8) is 0 Å². The van der Waals surface area contributed by atoms with Crippen LogP contribution < -0.4 is 4.72 Å². The molecule has 0 amide bonds. The van der Waals surface area contributed by atoms with Crippen LogP contribution in [-0.2, 0) is 22.1 Å². The molecule has 1 aromatic heterocycles. The molecular weight excluding hydrogens is 274 g/mol. The lowest BCUT2D eigenvalue weighted by Gasteiger charge is -2.08. The molecule has 0 bridgehead atoms. The van der Waals surface area contributed by atoms with Crippen LogP contribution in [0.2, 0.25) is 0 Å². The van der Waals surface area contributed by atoms with Crippen LogP contribution in [0.25, 0.3) is 10.9 Å². The number of hydrogen-bond donors (Lipinski definition) is 2. The molecule has 0 saturated heterocycles. The highest BCUT2D eigenvalue weighted by Crippen LogP contribution is 2.21. The monoisotopic (exact) mass is 306 g/mol. The molecule has 0 aliphatic carbocycles. The van der Waals surface area contributed by atoms with Gasteiger partial charge in [-0.05, 0) is 50.6 Å². The zero-order valence-corrected chi connectivity index (χ0v) is 11.4. The number of nitrogens with zero attached hydrogens (tertiary/aromatic N) is 1. The number of H-pyrrole nitrogens is 1. The van der Waals surface area contributed by atoms with Crippen molar-refractivity contribution in [3.05, 3.63) is 35.5 Å². The molecule has 0 radical (unpaired) electrons. The van der Waals surface area contributed by atoms with E-state index < -0.39 is 48.2 Å². The molecule has 0 spiro atoms. The highest BCUT2D eigenvalue weighted by atomic mass is 32.2. The molecule has 2 rings (SSSR count). The van der Waals surface area contributed by atoms with Crippen molar-refractivity contribution in [1.82, 2.24) is 14.6 Å². The number of aromatic nitrogens is 1. The van der Waals surface area contributed by atoms with E-state index in [9.17, 15) is 8.42 Å². The molecule has 20 heavy (non-hydrogen) atoms. The van der Waals surface area contributed by atoms with Crippen molar-refractivity contribution >= 4 is 20.9 Å². The molecule has 0 aliphatic rings. The Balaban J connectivity index is 2.61. The Morgan fingerprint density at radius 3 is 3.15 bits per heavy atom. The minimum atomic E-state index is -5.03. The van der Waals surface area contributed by atoms with E-state index in [4.69, 9.17) is 15.1 Å². The van der Waals surface area contributed by atoms with Crippen LogP contribution in [0.5, 0.6) is 0 Å². The van der Waals surface area contributed by atoms with E-state index in [1.807, 2.05) is 0 Å². The van der Waals surface area contributed by atoms with Gasteiger partial charge >= 0.3 is 0 Å². The Morgan fingerprint density at radius 2 is 2.40 bits per heavy atom. The van der Waals surface area contributed by atoms with Crippen molar-refractivity contribution in [2.45, 2.75) is 12.1 Å². The number of nitrogens with one attached hydrogen (secondary N) is 2. The molecule has 0 unspecified atom stereocenters. The fraction of sp³-hybridized carbons (Fsp3) is 0.429. The van der Waals surface area contributed by atoms with E-state index in [-0.39, 0.29) is 22.6 Å². The average Bonchev–Trinajstić information content (AvgIpc) is 2.86. The number of benzene rings is 1. The molecule has 2 aromatic rings. The molecule has 110 valence electrons. The van der Waals surface area contributed by atoms with Gasteiger partial charge in [-0.1, -0.05) is 6.07 Å². The minimum Gasteiger partial charge on any atom is -0.361 e. The second-order valence-corrected chi connectivity index (χ2v) is 5.54. The zero-order chi connectivity index (χ0) is 24.2. The smallest absolute Gasteiger partial charge is 0.215 e. The maximum atomic E-state index is 12.3. The first-order valence-electron chi connectivity index (χ1n) is 11.1. The number of hydrogen-bond acceptors (Lipinski definition) is 3. The zero-order valence-electron chi connectivity index (χ0n) is 21.6. The molecule has 6 heteroatoms. The van der Waals surface area contributed by atoms with Crippen LogP contribution in [0.3, 0.4) is 0 Å². The highest BCUT2D eigenvalue weighted by Gasteiger charge is 2.11. The normalized spacial score (nSPS) is 23.2. The predicted molar refractivity (Wildman–Crippen MR) is 82.2 cm³/mol. The fourth-order valence-electron chi connectivity index (χ4n) is 1.64. The first-order chi connectivity index (χ1) is 13.7. The second kappa shape index (κ2) is 5.95. The Labute approximate surface area is 135 Å². The van der Waals surface area contributed by atoms with Crippen LogP contribution in [-0.4, -0.2) is 45.8 Å². The summed E-state index contributed by atoms with van der Waals surface area (Å²) in [6.45, 7) is -6.39. The fourth-order valence-corrected chi connectivity index (χ4v) is 2.13. The maximum absolute atomic E-state index is 12.3. The van der Waals surface area contributed by atoms with Crippen molar-refractivity contribution in [2.24, 2.45) is 0 Å². The number of fused-ring (bicyclic) bond motifs is 1. The van der Waals surface area contributed by atoms with Crippen LogP contribution in [0.4, 0.5) is 0 Å². The summed E-state index contributed by atoms with van der Waals surface area (Å²) in [7, 11) is -3.85. The summed E-state index contributed by atoms with van der Waals surface area (Å²) in [6, 6.07) is 3.31. The van der Waals surface area contributed by atoms with E-state index in [2.05, 4.69) is 4.98 Å². The Kier molecular flexibility index (Phi) is 1.84. The van der Waals surface area contributed by atoms with E-state index >= 15 is 0 Å². The lowest BCUT2D eigenvalue weighted by molar-refractivity contribution is 0.414. The topological polar surface area (TPSA) is 65.2 Å². The van der Waals surface area contributed by atoms with E-state index in [0.29, 0.717) is 0 Å². The van der Waals surface area contributed by atoms with Gasteiger partial charge in [-0.15, -0.1) is 0 Å². The molecule has 1 heterocycles. The lowest BCUT2D eigenvalue weighted by atomic mass is 10.1. The summed E-state index contributed by atoms with van der Waals surface area (Å²) in [6.07, 6.45) is -2.76. The van der Waals surface area contributed by atoms with E-state index in [0.717, 1.165) is 17.0 Å². The lowest BCUT2D eigenvalue weighted by Crippen LogP contribution is -2.20. The Morgan fingerprint density at radius 1 is 1.55 bits per heavy atom. The van der Waals surface area contributed by atoms with Crippen molar-refractivity contribution in [3.8, 4) is 0 Å². The largest absolute Gasteiger partial charge is 0.361 e. The van der Waals surface area contributed by atoms with Gasteiger partial charge in [0, 0.05) is 37.3 Å². The average molecular weight is 306 g/mol. The van der Waals surface area contributed by atoms with Gasteiger partial charge in [-0.3, -0.25) is 0 Å². The molecule has 0 aliphatic heterocycles. The summed E-state index contributed by atoms with van der Waals surface area (Å²) < 4.78 is 110. The third kappa shape index (κ3) is 3.59. The van der Waals surface area contributed by atoms with E-state index in [1.165, 1.54) is 17.8 Å². The van der Waals surface area contributed by atoms with Gasteiger partial charge in [-0.2, -0.15) is 0 Å². The SMILES string of the molecule is [2H]c1[nH]c2ccc(C([2H])([2H])S(=O)(=O)NC([2H])([2H])[2H])cc2c1C([2H])([2H])CN(C)C([2H])([2H])[2H]. The molecular formula is C14H21N3O2S. The Bertz CT molecular complexity index is 1070. The van der Waals surface area contributed by atoms with Gasteiger partial charge in [0.25, 0.3) is 0 Å². The van der Waals surface area contributed by atoms with Crippen LogP contribution >= 0.6 is 0 Å². The minimum absolute atomic E-state index is 0.0283. The highest BCUT2D eigenvalue weighted by molar-refractivity contribution is 7.88. The molecule has 0 saturated carbocycles. The summed E-state index contributed by atoms with van der Waals surface area (Å²) in [5.74, 6) is 0. The standard InChI is InChI=1S/C14H21N3O2S/c1-15-20(18,19)10-11-4-5-14-13(8-11)12(9-16-14)6-7-17(2)3/h4-5,8-9,15-16H,6-7,10H2,1-3H3/i1D3,2D3,6D2,9D,10D2. The molecule has 0 atom stereocenters. The van der Waals surface area contributed by atoms with Gasteiger partial charge in [0.05, 0.1) is 7.08 Å². The summed E-state index contributed by atoms with van der Waals surface area (Å²) in [5, 5.41) is -0.0283. The summed E-state index contributed by atoms with van der Waals surface area (Å²) in [4.78, 5) is 3.37. The Hall–Kier alpha value is -1.37. The van der Waals surface area contributed by atoms with Gasteiger partial charge in [-0.25, -0.2) is 13.1 Å². The number of sulfonamides is 1. The van der Waals surface area contributed by atoms with Crippen LogP contribution in [0.1, 0.15) is 26.2 Å².